The van der Waals surface area contributed by atoms with Gasteiger partial charge in [-0.25, -0.2) is 13.2 Å². The molecule has 0 unspecified atom stereocenters. The lowest BCUT2D eigenvalue weighted by atomic mass is 10.2. The van der Waals surface area contributed by atoms with Gasteiger partial charge in [-0.2, -0.15) is 0 Å². The van der Waals surface area contributed by atoms with E-state index >= 15 is 0 Å². The van der Waals surface area contributed by atoms with Gasteiger partial charge in [0.1, 0.15) is 6.61 Å². The summed E-state index contributed by atoms with van der Waals surface area (Å²) in [6.07, 6.45) is 4.02. The Hall–Kier alpha value is -1.31. The number of nitrogens with one attached hydrogen (secondary N) is 2. The summed E-state index contributed by atoms with van der Waals surface area (Å²) in [5, 5.41) is 4.99. The molecule has 0 aromatic heterocycles. The Balaban J connectivity index is 2.21. The number of hydrogen-bond acceptors (Lipinski definition) is 5. The maximum Gasteiger partial charge on any atom is 0.407 e. The number of amides is 2. The highest BCUT2D eigenvalue weighted by molar-refractivity contribution is 7.92. The van der Waals surface area contributed by atoms with E-state index in [9.17, 15) is 18.0 Å². The van der Waals surface area contributed by atoms with Gasteiger partial charge in [-0.15, -0.1) is 0 Å². The summed E-state index contributed by atoms with van der Waals surface area (Å²) >= 11 is 0. The van der Waals surface area contributed by atoms with Crippen LogP contribution in [0, 0.1) is 0 Å². The fourth-order valence-corrected chi connectivity index (χ4v) is 4.88. The minimum atomic E-state index is -3.12. The van der Waals surface area contributed by atoms with Crippen LogP contribution in [0.3, 0.4) is 0 Å². The fraction of sp³-hybridized carbons (Fsp3) is 0.875. The first kappa shape index (κ1) is 20.7. The number of alkyl carbamates (subject to hydrolysis) is 1. The number of ether oxygens (including phenoxy) is 1. The predicted molar refractivity (Wildman–Crippen MR) is 92.5 cm³/mol. The van der Waals surface area contributed by atoms with Crippen molar-refractivity contribution in [3.05, 3.63) is 0 Å². The van der Waals surface area contributed by atoms with Gasteiger partial charge >= 0.3 is 6.09 Å². The minimum absolute atomic E-state index is 0.0251. The van der Waals surface area contributed by atoms with Crippen LogP contribution in [0.25, 0.3) is 0 Å². The smallest absolute Gasteiger partial charge is 0.407 e. The lowest BCUT2D eigenvalue weighted by Gasteiger charge is -2.16. The van der Waals surface area contributed by atoms with Gasteiger partial charge in [0.05, 0.1) is 17.0 Å². The Morgan fingerprint density at radius 3 is 2.54 bits per heavy atom. The molecule has 1 aliphatic heterocycles. The van der Waals surface area contributed by atoms with Crippen LogP contribution in [0.4, 0.5) is 4.79 Å². The number of hydrogen-bond donors (Lipinski definition) is 2. The molecule has 7 nitrogen and oxygen atoms in total. The maximum absolute atomic E-state index is 12.3. The first-order valence-electron chi connectivity index (χ1n) is 8.80. The van der Waals surface area contributed by atoms with E-state index < -0.39 is 15.9 Å². The second-order valence-corrected chi connectivity index (χ2v) is 8.65. The van der Waals surface area contributed by atoms with Gasteiger partial charge in [-0.3, -0.25) is 4.79 Å². The lowest BCUT2D eigenvalue weighted by Crippen LogP contribution is -2.34. The van der Waals surface area contributed by atoms with E-state index in [0.29, 0.717) is 32.1 Å². The van der Waals surface area contributed by atoms with Crippen LogP contribution in [0.5, 0.6) is 0 Å². The summed E-state index contributed by atoms with van der Waals surface area (Å²) in [5.74, 6) is 0.0549. The summed E-state index contributed by atoms with van der Waals surface area (Å²) < 4.78 is 29.6. The molecule has 140 valence electrons. The molecule has 24 heavy (non-hydrogen) atoms. The van der Waals surface area contributed by atoms with Crippen molar-refractivity contribution in [1.29, 1.82) is 0 Å². The van der Waals surface area contributed by atoms with Gasteiger partial charge in [0.2, 0.25) is 5.91 Å². The molecule has 1 atom stereocenters. The topological polar surface area (TPSA) is 102 Å². The molecule has 0 spiro atoms. The fourth-order valence-electron chi connectivity index (χ4n) is 2.81. The monoisotopic (exact) mass is 362 g/mol. The molecule has 1 heterocycles. The van der Waals surface area contributed by atoms with Crippen molar-refractivity contribution in [1.82, 2.24) is 10.6 Å². The molecule has 8 heteroatoms. The third-order valence-corrected chi connectivity index (χ3v) is 6.45. The molecule has 1 fully saturated rings. The van der Waals surface area contributed by atoms with E-state index in [2.05, 4.69) is 10.6 Å². The summed E-state index contributed by atoms with van der Waals surface area (Å²) in [4.78, 5) is 22.6. The van der Waals surface area contributed by atoms with Crippen molar-refractivity contribution in [3.8, 4) is 0 Å². The van der Waals surface area contributed by atoms with Gasteiger partial charge in [0.15, 0.2) is 9.84 Å². The van der Waals surface area contributed by atoms with Gasteiger partial charge in [-0.05, 0) is 25.7 Å². The van der Waals surface area contributed by atoms with E-state index in [1.54, 1.807) is 0 Å². The highest BCUT2D eigenvalue weighted by atomic mass is 32.2. The van der Waals surface area contributed by atoms with Crippen molar-refractivity contribution in [3.63, 3.8) is 0 Å². The maximum atomic E-state index is 12.3. The Kier molecular flexibility index (Phi) is 9.10. The summed E-state index contributed by atoms with van der Waals surface area (Å²) in [7, 11) is -3.12. The summed E-state index contributed by atoms with van der Waals surface area (Å²) in [6, 6.07) is -0.118. The molecule has 0 saturated carbocycles. The van der Waals surface area contributed by atoms with Gasteiger partial charge < -0.3 is 15.4 Å². The number of sulfone groups is 1. The van der Waals surface area contributed by atoms with Crippen LogP contribution in [0.2, 0.25) is 0 Å². The molecule has 2 N–H and O–H groups in total. The SMILES string of the molecule is CCCC(CCC)S(=O)(=O)CCCNC(=O)OC[C@@H]1CCC(=O)N1. The Labute approximate surface area is 144 Å². The molecule has 0 aliphatic carbocycles. The predicted octanol–water partition coefficient (Wildman–Crippen LogP) is 1.76. The lowest BCUT2D eigenvalue weighted by molar-refractivity contribution is -0.119. The molecule has 0 radical (unpaired) electrons. The van der Waals surface area contributed by atoms with Crippen LogP contribution < -0.4 is 10.6 Å². The van der Waals surface area contributed by atoms with E-state index in [1.807, 2.05) is 13.8 Å². The first-order valence-corrected chi connectivity index (χ1v) is 10.5. The van der Waals surface area contributed by atoms with E-state index in [0.717, 1.165) is 12.8 Å². The standard InChI is InChI=1S/C16H30N2O5S/c1-3-6-14(7-4-2)24(21,22)11-5-10-17-16(20)23-12-13-8-9-15(19)18-13/h13-14H,3-12H2,1-2H3,(H,17,20)(H,18,19)/t13-/m0/s1. The molecule has 1 rings (SSSR count). The van der Waals surface area contributed by atoms with Crippen LogP contribution >= 0.6 is 0 Å². The molecule has 0 aromatic carbocycles. The summed E-state index contributed by atoms with van der Waals surface area (Å²) in [6.45, 7) is 4.38. The van der Waals surface area contributed by atoms with Crippen molar-refractivity contribution in [2.45, 2.75) is 70.1 Å². The third kappa shape index (κ3) is 7.51. The third-order valence-electron chi connectivity index (χ3n) is 4.10. The minimum Gasteiger partial charge on any atom is -0.447 e. The number of rotatable bonds is 11. The van der Waals surface area contributed by atoms with Crippen molar-refractivity contribution in [2.24, 2.45) is 0 Å². The van der Waals surface area contributed by atoms with E-state index in [4.69, 9.17) is 4.74 Å². The molecular weight excluding hydrogens is 332 g/mol. The zero-order valence-corrected chi connectivity index (χ0v) is 15.5. The highest BCUT2D eigenvalue weighted by Gasteiger charge is 2.24. The van der Waals surface area contributed by atoms with Gasteiger partial charge in [-0.1, -0.05) is 26.7 Å². The average Bonchev–Trinajstić information content (AvgIpc) is 2.95. The molecule has 1 saturated heterocycles. The van der Waals surface area contributed by atoms with Crippen LogP contribution in [0.15, 0.2) is 0 Å². The summed E-state index contributed by atoms with van der Waals surface area (Å²) in [5.41, 5.74) is 0. The van der Waals surface area contributed by atoms with Crippen LogP contribution in [-0.4, -0.2) is 50.6 Å². The van der Waals surface area contributed by atoms with E-state index in [-0.39, 0.29) is 36.1 Å². The Bertz CT molecular complexity index is 501. The second-order valence-electron chi connectivity index (χ2n) is 6.25. The van der Waals surface area contributed by atoms with Crippen molar-refractivity contribution < 1.29 is 22.7 Å². The van der Waals surface area contributed by atoms with Gasteiger partial charge in [0, 0.05) is 13.0 Å². The molecule has 0 aromatic rings. The Morgan fingerprint density at radius 2 is 2.00 bits per heavy atom. The average molecular weight is 362 g/mol. The normalized spacial score (nSPS) is 17.8. The highest BCUT2D eigenvalue weighted by Crippen LogP contribution is 2.16. The molecule has 0 bridgehead atoms. The molecule has 1 aliphatic rings. The zero-order chi connectivity index (χ0) is 18.0. The Morgan fingerprint density at radius 1 is 1.33 bits per heavy atom. The van der Waals surface area contributed by atoms with Gasteiger partial charge in [0.25, 0.3) is 0 Å². The number of carbonyl (C=O) groups is 2. The first-order chi connectivity index (χ1) is 11.4. The quantitative estimate of drug-likeness (QED) is 0.545. The van der Waals surface area contributed by atoms with Crippen LogP contribution in [-0.2, 0) is 19.4 Å². The largest absolute Gasteiger partial charge is 0.447 e. The van der Waals surface area contributed by atoms with E-state index in [1.165, 1.54) is 0 Å². The second kappa shape index (κ2) is 10.5. The van der Waals surface area contributed by atoms with Crippen LogP contribution in [0.1, 0.15) is 58.8 Å². The molecule has 2 amide bonds. The van der Waals surface area contributed by atoms with Crippen molar-refractivity contribution >= 4 is 21.8 Å². The zero-order valence-electron chi connectivity index (χ0n) is 14.7. The number of carbonyl (C=O) groups excluding carboxylic acids is 2. The van der Waals surface area contributed by atoms with Crippen molar-refractivity contribution in [2.75, 3.05) is 18.9 Å². The molecular formula is C16H30N2O5S.